The number of aromatic nitrogens is 1. The summed E-state index contributed by atoms with van der Waals surface area (Å²) in [4.78, 5) is 26.4. The number of nitrogens with zero attached hydrogens (tertiary/aromatic N) is 3. The summed E-state index contributed by atoms with van der Waals surface area (Å²) in [5.41, 5.74) is 0.821. The number of rotatable bonds is 4. The molecule has 2 rings (SSSR count). The van der Waals surface area contributed by atoms with Crippen molar-refractivity contribution in [2.24, 2.45) is 0 Å². The lowest BCUT2D eigenvalue weighted by atomic mass is 10.0. The standard InChI is InChI=1S/C17H23N3O2/c1-3-8-20-16(19-9-6-4-5-7-10-19)15(12-21)13(2)14(11-18)17(20)22/h12H,3-10H2,1-2H3. The normalized spacial score (nSPS) is 15.2. The van der Waals surface area contributed by atoms with Gasteiger partial charge in [0.25, 0.3) is 5.56 Å². The van der Waals surface area contributed by atoms with Gasteiger partial charge in [0.15, 0.2) is 6.29 Å². The lowest BCUT2D eigenvalue weighted by molar-refractivity contribution is 0.112. The summed E-state index contributed by atoms with van der Waals surface area (Å²) in [7, 11) is 0. The Morgan fingerprint density at radius 1 is 1.23 bits per heavy atom. The Morgan fingerprint density at radius 2 is 1.86 bits per heavy atom. The van der Waals surface area contributed by atoms with Gasteiger partial charge in [-0.25, -0.2) is 0 Å². The van der Waals surface area contributed by atoms with E-state index in [2.05, 4.69) is 4.90 Å². The van der Waals surface area contributed by atoms with Gasteiger partial charge in [0.05, 0.1) is 5.56 Å². The highest BCUT2D eigenvalue weighted by atomic mass is 16.1. The van der Waals surface area contributed by atoms with Gasteiger partial charge < -0.3 is 4.90 Å². The zero-order valence-electron chi connectivity index (χ0n) is 13.4. The van der Waals surface area contributed by atoms with Crippen LogP contribution in [0.3, 0.4) is 0 Å². The number of carbonyl (C=O) groups is 1. The Kier molecular flexibility index (Phi) is 5.37. The molecule has 1 aliphatic rings. The van der Waals surface area contributed by atoms with Crippen LogP contribution < -0.4 is 10.5 Å². The fraction of sp³-hybridized carbons (Fsp3) is 0.588. The molecule has 118 valence electrons. The highest BCUT2D eigenvalue weighted by molar-refractivity contribution is 5.86. The smallest absolute Gasteiger partial charge is 0.270 e. The van der Waals surface area contributed by atoms with Gasteiger partial charge in [0, 0.05) is 19.6 Å². The molecule has 0 amide bonds. The first-order valence-corrected chi connectivity index (χ1v) is 8.03. The highest BCUT2D eigenvalue weighted by Crippen LogP contribution is 2.25. The lowest BCUT2D eigenvalue weighted by Crippen LogP contribution is -2.35. The van der Waals surface area contributed by atoms with E-state index in [9.17, 15) is 14.9 Å². The third-order valence-corrected chi connectivity index (χ3v) is 4.32. The number of aldehydes is 1. The van der Waals surface area contributed by atoms with Gasteiger partial charge in [-0.2, -0.15) is 5.26 Å². The molecule has 0 atom stereocenters. The molecule has 1 aromatic heterocycles. The predicted molar refractivity (Wildman–Crippen MR) is 86.5 cm³/mol. The zero-order chi connectivity index (χ0) is 16.1. The van der Waals surface area contributed by atoms with Crippen LogP contribution in [-0.2, 0) is 6.54 Å². The van der Waals surface area contributed by atoms with Crippen LogP contribution in [0.25, 0.3) is 0 Å². The van der Waals surface area contributed by atoms with Crippen LogP contribution in [-0.4, -0.2) is 23.9 Å². The molecule has 5 heteroatoms. The number of hydrogen-bond acceptors (Lipinski definition) is 4. The monoisotopic (exact) mass is 301 g/mol. The molecule has 2 heterocycles. The predicted octanol–water partition coefficient (Wildman–Crippen LogP) is 2.63. The molecule has 0 unspecified atom stereocenters. The summed E-state index contributed by atoms with van der Waals surface area (Å²) in [5, 5.41) is 9.27. The molecule has 1 aliphatic heterocycles. The van der Waals surface area contributed by atoms with Crippen molar-refractivity contribution in [3.8, 4) is 6.07 Å². The van der Waals surface area contributed by atoms with Crippen molar-refractivity contribution in [1.29, 1.82) is 5.26 Å². The van der Waals surface area contributed by atoms with E-state index in [1.807, 2.05) is 13.0 Å². The van der Waals surface area contributed by atoms with Gasteiger partial charge in [-0.05, 0) is 31.7 Å². The minimum absolute atomic E-state index is 0.0918. The quantitative estimate of drug-likeness (QED) is 0.802. The van der Waals surface area contributed by atoms with E-state index in [0.29, 0.717) is 23.5 Å². The molecule has 1 aromatic rings. The van der Waals surface area contributed by atoms with E-state index in [1.54, 1.807) is 11.5 Å². The molecular weight excluding hydrogens is 278 g/mol. The van der Waals surface area contributed by atoms with E-state index in [4.69, 9.17) is 0 Å². The number of carbonyl (C=O) groups excluding carboxylic acids is 1. The Morgan fingerprint density at radius 3 is 2.36 bits per heavy atom. The van der Waals surface area contributed by atoms with E-state index in [-0.39, 0.29) is 11.1 Å². The Balaban J connectivity index is 2.71. The maximum atomic E-state index is 12.6. The molecule has 0 saturated carbocycles. The summed E-state index contributed by atoms with van der Waals surface area (Å²) >= 11 is 0. The first kappa shape index (κ1) is 16.3. The van der Waals surface area contributed by atoms with Crippen LogP contribution in [0.15, 0.2) is 4.79 Å². The Labute approximate surface area is 131 Å². The van der Waals surface area contributed by atoms with E-state index >= 15 is 0 Å². The van der Waals surface area contributed by atoms with Crippen molar-refractivity contribution >= 4 is 12.1 Å². The molecule has 0 bridgehead atoms. The van der Waals surface area contributed by atoms with Gasteiger partial charge in [-0.15, -0.1) is 0 Å². The average Bonchev–Trinajstić information content (AvgIpc) is 2.79. The third-order valence-electron chi connectivity index (χ3n) is 4.32. The van der Waals surface area contributed by atoms with Crippen LogP contribution in [0.5, 0.6) is 0 Å². The molecule has 22 heavy (non-hydrogen) atoms. The van der Waals surface area contributed by atoms with Crippen molar-refractivity contribution in [2.75, 3.05) is 18.0 Å². The average molecular weight is 301 g/mol. The first-order valence-electron chi connectivity index (χ1n) is 8.03. The number of nitriles is 1. The van der Waals surface area contributed by atoms with Crippen molar-refractivity contribution < 1.29 is 4.79 Å². The summed E-state index contributed by atoms with van der Waals surface area (Å²) in [5.74, 6) is 0.709. The van der Waals surface area contributed by atoms with Gasteiger partial charge >= 0.3 is 0 Å². The summed E-state index contributed by atoms with van der Waals surface area (Å²) in [6.07, 6.45) is 6.07. The molecule has 0 spiro atoms. The second kappa shape index (κ2) is 7.26. The molecular formula is C17H23N3O2. The van der Waals surface area contributed by atoms with Crippen molar-refractivity contribution in [1.82, 2.24) is 4.57 Å². The second-order valence-corrected chi connectivity index (χ2v) is 5.82. The maximum absolute atomic E-state index is 12.6. The zero-order valence-corrected chi connectivity index (χ0v) is 13.4. The molecule has 5 nitrogen and oxygen atoms in total. The van der Waals surface area contributed by atoms with Crippen molar-refractivity contribution in [2.45, 2.75) is 52.5 Å². The van der Waals surface area contributed by atoms with E-state index in [1.165, 1.54) is 12.8 Å². The highest BCUT2D eigenvalue weighted by Gasteiger charge is 2.23. The lowest BCUT2D eigenvalue weighted by Gasteiger charge is -2.28. The topological polar surface area (TPSA) is 66.1 Å². The molecule has 0 aromatic carbocycles. The summed E-state index contributed by atoms with van der Waals surface area (Å²) < 4.78 is 1.63. The minimum atomic E-state index is -0.272. The van der Waals surface area contributed by atoms with Gasteiger partial charge in [-0.1, -0.05) is 19.8 Å². The summed E-state index contributed by atoms with van der Waals surface area (Å²) in [6.45, 7) is 5.93. The summed E-state index contributed by atoms with van der Waals surface area (Å²) in [6, 6.07) is 1.97. The number of hydrogen-bond donors (Lipinski definition) is 0. The van der Waals surface area contributed by atoms with E-state index in [0.717, 1.165) is 38.6 Å². The van der Waals surface area contributed by atoms with Crippen LogP contribution in [0, 0.1) is 18.3 Å². The Bertz CT molecular complexity index is 647. The first-order chi connectivity index (χ1) is 10.7. The van der Waals surface area contributed by atoms with Crippen LogP contribution in [0.1, 0.15) is 60.5 Å². The fourth-order valence-electron chi connectivity index (χ4n) is 3.17. The molecule has 0 aliphatic carbocycles. The maximum Gasteiger partial charge on any atom is 0.270 e. The van der Waals surface area contributed by atoms with Crippen molar-refractivity contribution in [3.05, 3.63) is 27.0 Å². The molecule has 0 radical (unpaired) electrons. The molecule has 1 fully saturated rings. The van der Waals surface area contributed by atoms with Crippen LogP contribution in [0.2, 0.25) is 0 Å². The van der Waals surface area contributed by atoms with E-state index < -0.39 is 0 Å². The van der Waals surface area contributed by atoms with Crippen molar-refractivity contribution in [3.63, 3.8) is 0 Å². The van der Waals surface area contributed by atoms with Gasteiger partial charge in [0.1, 0.15) is 17.5 Å². The molecule has 0 N–H and O–H groups in total. The Hall–Kier alpha value is -2.09. The number of anilines is 1. The molecule has 1 saturated heterocycles. The SMILES string of the molecule is CCCn1c(N2CCCCCC2)c(C=O)c(C)c(C#N)c1=O. The van der Waals surface area contributed by atoms with Crippen LogP contribution in [0.4, 0.5) is 5.82 Å². The third kappa shape index (κ3) is 2.92. The number of pyridine rings is 1. The van der Waals surface area contributed by atoms with Gasteiger partial charge in [0.2, 0.25) is 0 Å². The van der Waals surface area contributed by atoms with Gasteiger partial charge in [-0.3, -0.25) is 14.2 Å². The van der Waals surface area contributed by atoms with Crippen LogP contribution >= 0.6 is 0 Å². The second-order valence-electron chi connectivity index (χ2n) is 5.82. The fourth-order valence-corrected chi connectivity index (χ4v) is 3.17. The largest absolute Gasteiger partial charge is 0.357 e. The minimum Gasteiger partial charge on any atom is -0.357 e.